The summed E-state index contributed by atoms with van der Waals surface area (Å²) in [5.41, 5.74) is 0.146. The average Bonchev–Trinajstić information content (AvgIpc) is 2.63. The maximum atomic E-state index is 14.5. The summed E-state index contributed by atoms with van der Waals surface area (Å²) < 4.78 is 19.9. The molecule has 0 amide bonds. The van der Waals surface area contributed by atoms with Gasteiger partial charge in [0.2, 0.25) is 5.88 Å². The molecule has 0 aromatic carbocycles. The Morgan fingerprint density at radius 3 is 2.83 bits per heavy atom. The lowest BCUT2D eigenvalue weighted by molar-refractivity contribution is 0.401. The second-order valence-electron chi connectivity index (χ2n) is 5.56. The third kappa shape index (κ3) is 3.10. The Labute approximate surface area is 149 Å². The molecular formula is C15H19ClFN5OS. The van der Waals surface area contributed by atoms with E-state index < -0.39 is 5.82 Å². The first kappa shape index (κ1) is 17.4. The third-order valence-electron chi connectivity index (χ3n) is 4.18. The van der Waals surface area contributed by atoms with Crippen LogP contribution < -0.4 is 15.0 Å². The van der Waals surface area contributed by atoms with E-state index in [9.17, 15) is 4.39 Å². The van der Waals surface area contributed by atoms with Gasteiger partial charge in [0, 0.05) is 19.1 Å². The molecule has 1 unspecified atom stereocenters. The van der Waals surface area contributed by atoms with Crippen molar-refractivity contribution >= 4 is 40.1 Å². The van der Waals surface area contributed by atoms with Gasteiger partial charge >= 0.3 is 0 Å². The highest BCUT2D eigenvalue weighted by Crippen LogP contribution is 2.37. The summed E-state index contributed by atoms with van der Waals surface area (Å²) in [6.45, 7) is 1.62. The summed E-state index contributed by atoms with van der Waals surface area (Å²) in [4.78, 5) is 15.0. The van der Waals surface area contributed by atoms with Crippen molar-refractivity contribution in [1.82, 2.24) is 20.3 Å². The lowest BCUT2D eigenvalue weighted by Crippen LogP contribution is -2.44. The summed E-state index contributed by atoms with van der Waals surface area (Å²) in [5.74, 6) is 0.239. The van der Waals surface area contributed by atoms with Crippen LogP contribution in [-0.2, 0) is 0 Å². The average molecular weight is 372 g/mol. The Morgan fingerprint density at radius 2 is 2.17 bits per heavy atom. The molecule has 9 heteroatoms. The van der Waals surface area contributed by atoms with Gasteiger partial charge in [-0.1, -0.05) is 23.4 Å². The van der Waals surface area contributed by atoms with Gasteiger partial charge in [0.1, 0.15) is 16.7 Å². The first-order valence-electron chi connectivity index (χ1n) is 7.66. The number of rotatable bonds is 4. The molecule has 1 fully saturated rings. The predicted octanol–water partition coefficient (Wildman–Crippen LogP) is 2.74. The van der Waals surface area contributed by atoms with Crippen molar-refractivity contribution in [2.75, 3.05) is 38.4 Å². The molecule has 1 atom stereocenters. The molecule has 2 aromatic heterocycles. The van der Waals surface area contributed by atoms with Gasteiger partial charge < -0.3 is 15.0 Å². The van der Waals surface area contributed by atoms with Crippen molar-refractivity contribution in [1.29, 1.82) is 0 Å². The number of nitrogens with one attached hydrogen (secondary N) is 1. The number of ether oxygens (including phenoxy) is 1. The molecule has 1 N–H and O–H groups in total. The Hall–Kier alpha value is -1.38. The highest BCUT2D eigenvalue weighted by Gasteiger charge is 2.26. The van der Waals surface area contributed by atoms with Crippen LogP contribution in [-0.4, -0.2) is 54.5 Å². The number of likely N-dealkylation sites (N-methyl/N-ethyl adjacent to an activating group) is 1. The zero-order valence-electron chi connectivity index (χ0n) is 13.8. The van der Waals surface area contributed by atoms with Gasteiger partial charge in [-0.25, -0.2) is 14.4 Å². The number of methoxy groups -OCH3 is 1. The number of hydrogen-bond acceptors (Lipinski definition) is 7. The molecule has 24 heavy (non-hydrogen) atoms. The zero-order valence-corrected chi connectivity index (χ0v) is 15.3. The molecule has 1 aliphatic heterocycles. The molecule has 1 aliphatic rings. The molecule has 0 saturated carbocycles. The van der Waals surface area contributed by atoms with Crippen LogP contribution in [0.15, 0.2) is 5.16 Å². The molecule has 2 aromatic rings. The van der Waals surface area contributed by atoms with Crippen molar-refractivity contribution in [3.05, 3.63) is 11.0 Å². The molecule has 0 aliphatic carbocycles. The summed E-state index contributed by atoms with van der Waals surface area (Å²) in [5, 5.41) is 4.01. The summed E-state index contributed by atoms with van der Waals surface area (Å²) >= 11 is 7.25. The first-order valence-corrected chi connectivity index (χ1v) is 9.26. The van der Waals surface area contributed by atoms with Gasteiger partial charge in [-0.05, 0) is 26.1 Å². The van der Waals surface area contributed by atoms with E-state index in [1.165, 1.54) is 18.9 Å². The van der Waals surface area contributed by atoms with E-state index >= 15 is 0 Å². The summed E-state index contributed by atoms with van der Waals surface area (Å²) in [6, 6.07) is 0.359. The molecule has 3 heterocycles. The van der Waals surface area contributed by atoms with Gasteiger partial charge in [0.05, 0.1) is 7.11 Å². The van der Waals surface area contributed by atoms with Crippen molar-refractivity contribution in [3.8, 4) is 5.88 Å². The number of piperidine rings is 1. The van der Waals surface area contributed by atoms with Crippen LogP contribution in [0.2, 0.25) is 5.15 Å². The number of hydrogen-bond donors (Lipinski definition) is 1. The van der Waals surface area contributed by atoms with Gasteiger partial charge in [0.25, 0.3) is 0 Å². The van der Waals surface area contributed by atoms with E-state index in [2.05, 4.69) is 25.2 Å². The van der Waals surface area contributed by atoms with Gasteiger partial charge in [-0.2, -0.15) is 4.98 Å². The van der Waals surface area contributed by atoms with Crippen LogP contribution in [0.5, 0.6) is 5.88 Å². The third-order valence-corrected chi connectivity index (χ3v) is 4.98. The van der Waals surface area contributed by atoms with Crippen LogP contribution in [0.1, 0.15) is 12.8 Å². The molecule has 6 nitrogen and oxygen atoms in total. The minimum Gasteiger partial charge on any atom is -0.480 e. The van der Waals surface area contributed by atoms with E-state index in [1.807, 2.05) is 13.3 Å². The van der Waals surface area contributed by atoms with E-state index in [0.717, 1.165) is 25.9 Å². The Balaban J connectivity index is 2.23. The number of aromatic nitrogens is 3. The van der Waals surface area contributed by atoms with Crippen molar-refractivity contribution in [2.24, 2.45) is 0 Å². The monoisotopic (exact) mass is 371 g/mol. The number of anilines is 1. The summed E-state index contributed by atoms with van der Waals surface area (Å²) in [7, 11) is 3.43. The SMILES string of the molecule is CNC1CCCN(c2nc(SC)nc3c(F)c(Cl)nc(OC)c23)C1. The molecule has 130 valence electrons. The minimum absolute atomic E-state index is 0.146. The van der Waals surface area contributed by atoms with E-state index in [0.29, 0.717) is 22.4 Å². The molecule has 1 saturated heterocycles. The van der Waals surface area contributed by atoms with Crippen molar-refractivity contribution < 1.29 is 9.13 Å². The first-order chi connectivity index (χ1) is 11.6. The zero-order chi connectivity index (χ0) is 17.3. The van der Waals surface area contributed by atoms with Gasteiger partial charge in [0.15, 0.2) is 16.1 Å². The molecule has 0 spiro atoms. The molecule has 3 rings (SSSR count). The highest BCUT2D eigenvalue weighted by molar-refractivity contribution is 7.98. The molecule has 0 radical (unpaired) electrons. The maximum Gasteiger partial charge on any atom is 0.228 e. The quantitative estimate of drug-likeness (QED) is 0.503. The highest BCUT2D eigenvalue weighted by atomic mass is 35.5. The van der Waals surface area contributed by atoms with E-state index in [4.69, 9.17) is 16.3 Å². The van der Waals surface area contributed by atoms with Crippen LogP contribution in [0, 0.1) is 5.82 Å². The maximum absolute atomic E-state index is 14.5. The number of nitrogens with zero attached hydrogens (tertiary/aromatic N) is 4. The molecule has 0 bridgehead atoms. The van der Waals surface area contributed by atoms with Crippen LogP contribution in [0.25, 0.3) is 10.9 Å². The lowest BCUT2D eigenvalue weighted by atomic mass is 10.1. The minimum atomic E-state index is -0.645. The standard InChI is InChI=1S/C15H19ClFN5OS/c1-18-8-5-4-6-22(7-8)13-9-11(19-15(21-13)24-3)10(17)12(16)20-14(9)23-2/h8,18H,4-7H2,1-3H3. The Morgan fingerprint density at radius 1 is 1.38 bits per heavy atom. The topological polar surface area (TPSA) is 63.2 Å². The second kappa shape index (κ2) is 7.25. The lowest BCUT2D eigenvalue weighted by Gasteiger charge is -2.34. The fourth-order valence-corrected chi connectivity index (χ4v) is 3.48. The van der Waals surface area contributed by atoms with Crippen molar-refractivity contribution in [3.63, 3.8) is 0 Å². The van der Waals surface area contributed by atoms with Crippen LogP contribution >= 0.6 is 23.4 Å². The Kier molecular flexibility index (Phi) is 5.27. The number of halogens is 2. The van der Waals surface area contributed by atoms with Crippen LogP contribution in [0.4, 0.5) is 10.2 Å². The normalized spacial score (nSPS) is 18.2. The molecular weight excluding hydrogens is 353 g/mol. The van der Waals surface area contributed by atoms with Gasteiger partial charge in [-0.3, -0.25) is 0 Å². The fourth-order valence-electron chi connectivity index (χ4n) is 2.95. The Bertz CT molecular complexity index is 762. The summed E-state index contributed by atoms with van der Waals surface area (Å²) in [6.07, 6.45) is 3.98. The van der Waals surface area contributed by atoms with Gasteiger partial charge in [-0.15, -0.1) is 0 Å². The second-order valence-corrected chi connectivity index (χ2v) is 6.69. The largest absolute Gasteiger partial charge is 0.480 e. The smallest absolute Gasteiger partial charge is 0.228 e. The number of pyridine rings is 1. The van der Waals surface area contributed by atoms with E-state index in [-0.39, 0.29) is 16.5 Å². The fraction of sp³-hybridized carbons (Fsp3) is 0.533. The van der Waals surface area contributed by atoms with Crippen molar-refractivity contribution in [2.45, 2.75) is 24.0 Å². The number of fused-ring (bicyclic) bond motifs is 1. The van der Waals surface area contributed by atoms with E-state index in [1.54, 1.807) is 0 Å². The number of thioether (sulfide) groups is 1. The van der Waals surface area contributed by atoms with Crippen LogP contribution in [0.3, 0.4) is 0 Å². The predicted molar refractivity (Wildman–Crippen MR) is 94.9 cm³/mol.